The third-order valence-electron chi connectivity index (χ3n) is 7.69. The third-order valence-corrected chi connectivity index (χ3v) is 9.22. The molecule has 0 unspecified atom stereocenters. The number of aromatic nitrogens is 1. The largest absolute Gasteiger partial charge is 0.493 e. The molecule has 0 N–H and O–H groups in total. The molecular weight excluding hydrogens is 591 g/mol. The molecule has 3 heterocycles. The molecule has 2 aliphatic rings. The summed E-state index contributed by atoms with van der Waals surface area (Å²) in [5.41, 5.74) is 5.93. The fourth-order valence-corrected chi connectivity index (χ4v) is 7.22. The summed E-state index contributed by atoms with van der Waals surface area (Å²) in [7, 11) is 3.23. The monoisotopic (exact) mass is 614 g/mol. The molecule has 0 spiro atoms. The van der Waals surface area contributed by atoms with Crippen LogP contribution in [0.15, 0.2) is 92.6 Å². The molecule has 0 saturated heterocycles. The minimum atomic E-state index is -0.341. The van der Waals surface area contributed by atoms with Crippen molar-refractivity contribution < 1.29 is 13.9 Å². The van der Waals surface area contributed by atoms with Gasteiger partial charge in [0.2, 0.25) is 0 Å². The van der Waals surface area contributed by atoms with Crippen LogP contribution in [0, 0.1) is 0 Å². The number of furan rings is 1. The number of aryl methyl sites for hydroxylation is 1. The minimum absolute atomic E-state index is 0.133. The molecule has 0 fully saturated rings. The fraction of sp³-hybridized carbons (Fsp3) is 0.152. The first-order valence-corrected chi connectivity index (χ1v) is 14.9. The van der Waals surface area contributed by atoms with E-state index < -0.39 is 0 Å². The zero-order chi connectivity index (χ0) is 29.0. The van der Waals surface area contributed by atoms with Gasteiger partial charge in [0.15, 0.2) is 16.3 Å². The van der Waals surface area contributed by atoms with E-state index in [1.54, 1.807) is 37.0 Å². The number of rotatable bonds is 5. The van der Waals surface area contributed by atoms with Crippen molar-refractivity contribution in [3.63, 3.8) is 0 Å². The summed E-state index contributed by atoms with van der Waals surface area (Å²) in [4.78, 5) is 19.8. The molecule has 7 rings (SSSR count). The number of ether oxygens (including phenoxy) is 2. The number of nitrogens with zero attached hydrogens (tertiary/aromatic N) is 2. The maximum Gasteiger partial charge on any atom is 0.271 e. The first-order valence-electron chi connectivity index (χ1n) is 13.4. The summed E-state index contributed by atoms with van der Waals surface area (Å²) in [5, 5.41) is 1.04. The van der Waals surface area contributed by atoms with Gasteiger partial charge in [-0.1, -0.05) is 64.9 Å². The zero-order valence-corrected chi connectivity index (χ0v) is 25.0. The van der Waals surface area contributed by atoms with Crippen molar-refractivity contribution in [3.8, 4) is 22.8 Å². The van der Waals surface area contributed by atoms with E-state index in [4.69, 9.17) is 42.1 Å². The van der Waals surface area contributed by atoms with Crippen molar-refractivity contribution in [1.82, 2.24) is 4.57 Å². The summed E-state index contributed by atoms with van der Waals surface area (Å²) >= 11 is 13.8. The van der Waals surface area contributed by atoms with Gasteiger partial charge in [-0.3, -0.25) is 9.36 Å². The SMILES string of the molecule is COc1ccc([C@H]2C3=C(N=c4s/c(=C/c5ccc(-c6ccc(Cl)cc6Cl)o5)c(=O)n42)c2ccccc2CC3)cc1OC. The van der Waals surface area contributed by atoms with Crippen molar-refractivity contribution in [2.75, 3.05) is 14.2 Å². The Balaban J connectivity index is 1.40. The lowest BCUT2D eigenvalue weighted by molar-refractivity contribution is 0.354. The van der Waals surface area contributed by atoms with Crippen molar-refractivity contribution in [2.24, 2.45) is 4.99 Å². The summed E-state index contributed by atoms with van der Waals surface area (Å²) in [6, 6.07) is 22.7. The topological polar surface area (TPSA) is 66.0 Å². The van der Waals surface area contributed by atoms with Crippen molar-refractivity contribution in [2.45, 2.75) is 18.9 Å². The number of hydrogen-bond donors (Lipinski definition) is 0. The van der Waals surface area contributed by atoms with Crippen LogP contribution in [-0.4, -0.2) is 18.8 Å². The number of allylic oxidation sites excluding steroid dienone is 1. The highest BCUT2D eigenvalue weighted by Gasteiger charge is 2.33. The summed E-state index contributed by atoms with van der Waals surface area (Å²) < 4.78 is 19.5. The fourth-order valence-electron chi connectivity index (χ4n) is 5.74. The van der Waals surface area contributed by atoms with E-state index in [1.807, 2.05) is 42.5 Å². The first-order chi connectivity index (χ1) is 20.4. The Labute approximate surface area is 255 Å². The van der Waals surface area contributed by atoms with Gasteiger partial charge in [0.05, 0.1) is 35.5 Å². The molecule has 1 aliphatic heterocycles. The smallest absolute Gasteiger partial charge is 0.271 e. The summed E-state index contributed by atoms with van der Waals surface area (Å²) in [6.07, 6.45) is 3.43. The van der Waals surface area contributed by atoms with Gasteiger partial charge in [-0.2, -0.15) is 0 Å². The van der Waals surface area contributed by atoms with Crippen LogP contribution in [0.4, 0.5) is 0 Å². The van der Waals surface area contributed by atoms with E-state index in [2.05, 4.69) is 18.2 Å². The number of fused-ring (bicyclic) bond motifs is 3. The van der Waals surface area contributed by atoms with Crippen LogP contribution < -0.4 is 24.4 Å². The van der Waals surface area contributed by atoms with Gasteiger partial charge in [-0.05, 0) is 72.0 Å². The summed E-state index contributed by atoms with van der Waals surface area (Å²) in [6.45, 7) is 0. The molecular formula is C33H24Cl2N2O4S. The molecule has 210 valence electrons. The molecule has 0 radical (unpaired) electrons. The van der Waals surface area contributed by atoms with Crippen LogP contribution in [0.5, 0.6) is 11.5 Å². The number of benzene rings is 3. The molecule has 2 aromatic heterocycles. The Morgan fingerprint density at radius 1 is 0.952 bits per heavy atom. The molecule has 1 atom stereocenters. The lowest BCUT2D eigenvalue weighted by Crippen LogP contribution is -2.38. The van der Waals surface area contributed by atoms with E-state index in [1.165, 1.54) is 16.9 Å². The molecule has 42 heavy (non-hydrogen) atoms. The van der Waals surface area contributed by atoms with Crippen molar-refractivity contribution in [3.05, 3.63) is 131 Å². The molecule has 0 bridgehead atoms. The minimum Gasteiger partial charge on any atom is -0.493 e. The lowest BCUT2D eigenvalue weighted by Gasteiger charge is -2.31. The first kappa shape index (κ1) is 26.8. The lowest BCUT2D eigenvalue weighted by atomic mass is 9.83. The zero-order valence-electron chi connectivity index (χ0n) is 22.7. The average molecular weight is 616 g/mol. The normalized spacial score (nSPS) is 16.0. The van der Waals surface area contributed by atoms with Gasteiger partial charge < -0.3 is 13.9 Å². The van der Waals surface area contributed by atoms with Gasteiger partial charge in [0.25, 0.3) is 5.56 Å². The van der Waals surface area contributed by atoms with E-state index >= 15 is 0 Å². The molecule has 3 aromatic carbocycles. The second kappa shape index (κ2) is 10.7. The quantitative estimate of drug-likeness (QED) is 0.216. The molecule has 0 saturated carbocycles. The molecule has 0 amide bonds. The van der Waals surface area contributed by atoms with E-state index in [0.29, 0.717) is 42.4 Å². The van der Waals surface area contributed by atoms with Crippen molar-refractivity contribution >= 4 is 46.3 Å². The van der Waals surface area contributed by atoms with Crippen LogP contribution >= 0.6 is 34.5 Å². The Bertz CT molecular complexity index is 2090. The van der Waals surface area contributed by atoms with E-state index in [0.717, 1.165) is 40.8 Å². The van der Waals surface area contributed by atoms with Gasteiger partial charge in [0.1, 0.15) is 11.5 Å². The predicted molar refractivity (Wildman–Crippen MR) is 166 cm³/mol. The average Bonchev–Trinajstić information content (AvgIpc) is 3.59. The van der Waals surface area contributed by atoms with E-state index in [-0.39, 0.29) is 11.6 Å². The summed E-state index contributed by atoms with van der Waals surface area (Å²) in [5.74, 6) is 2.37. The molecule has 5 aromatic rings. The second-order valence-electron chi connectivity index (χ2n) is 10.1. The second-order valence-corrected chi connectivity index (χ2v) is 11.9. The maximum atomic E-state index is 14.1. The van der Waals surface area contributed by atoms with Crippen LogP contribution in [0.1, 0.15) is 34.9 Å². The predicted octanol–water partition coefficient (Wildman–Crippen LogP) is 6.90. The van der Waals surface area contributed by atoms with Crippen LogP contribution in [0.3, 0.4) is 0 Å². The number of hydrogen-bond acceptors (Lipinski definition) is 6. The van der Waals surface area contributed by atoms with Crippen LogP contribution in [-0.2, 0) is 6.42 Å². The van der Waals surface area contributed by atoms with Crippen LogP contribution in [0.25, 0.3) is 23.1 Å². The highest BCUT2D eigenvalue weighted by Crippen LogP contribution is 2.43. The number of halogens is 2. The van der Waals surface area contributed by atoms with Crippen LogP contribution in [0.2, 0.25) is 10.0 Å². The highest BCUT2D eigenvalue weighted by atomic mass is 35.5. The Morgan fingerprint density at radius 3 is 2.60 bits per heavy atom. The molecule has 1 aliphatic carbocycles. The van der Waals surface area contributed by atoms with Gasteiger partial charge in [-0.15, -0.1) is 0 Å². The maximum absolute atomic E-state index is 14.1. The number of methoxy groups -OCH3 is 2. The standard InChI is InChI=1S/C33H24Cl2N2O4S/c1-39-27-13-8-19(15-28(27)40-2)31-24-11-7-18-5-3-4-6-22(18)30(24)36-33-37(31)32(38)29(42-33)17-21-10-14-26(41-21)23-12-9-20(34)16-25(23)35/h3-6,8-10,12-17,31H,7,11H2,1-2H3/b29-17+/t31-/m0/s1. The third kappa shape index (κ3) is 4.49. The Hall–Kier alpha value is -4.04. The molecule has 9 heteroatoms. The Kier molecular flexibility index (Phi) is 6.81. The van der Waals surface area contributed by atoms with E-state index in [9.17, 15) is 4.79 Å². The van der Waals surface area contributed by atoms with Gasteiger partial charge in [0, 0.05) is 22.2 Å². The van der Waals surface area contributed by atoms with Gasteiger partial charge in [-0.25, -0.2) is 4.99 Å². The highest BCUT2D eigenvalue weighted by molar-refractivity contribution is 7.07. The number of thiazole rings is 1. The van der Waals surface area contributed by atoms with Crippen molar-refractivity contribution in [1.29, 1.82) is 0 Å². The van der Waals surface area contributed by atoms with Gasteiger partial charge >= 0.3 is 0 Å². The molecule has 6 nitrogen and oxygen atoms in total. The Morgan fingerprint density at radius 2 is 1.79 bits per heavy atom.